The lowest BCUT2D eigenvalue weighted by molar-refractivity contribution is -0.144. The van der Waals surface area contributed by atoms with Gasteiger partial charge in [0.05, 0.1) is 18.4 Å². The third-order valence-corrected chi connectivity index (χ3v) is 5.15. The molecule has 0 radical (unpaired) electrons. The second-order valence-electron chi connectivity index (χ2n) is 5.35. The molecule has 9 heteroatoms. The van der Waals surface area contributed by atoms with Crippen molar-refractivity contribution in [2.75, 3.05) is 26.9 Å². The summed E-state index contributed by atoms with van der Waals surface area (Å²) in [7, 11) is -2.12. The number of nitrogens with one attached hydrogen (secondary N) is 1. The van der Waals surface area contributed by atoms with Crippen LogP contribution in [0.2, 0.25) is 5.02 Å². The van der Waals surface area contributed by atoms with E-state index in [1.807, 2.05) is 0 Å². The second-order valence-corrected chi connectivity index (χ2v) is 7.55. The van der Waals surface area contributed by atoms with Gasteiger partial charge in [-0.05, 0) is 48.5 Å². The van der Waals surface area contributed by atoms with Crippen LogP contribution in [0.4, 0.5) is 0 Å². The highest BCUT2D eigenvalue weighted by atomic mass is 35.5. The first-order valence-corrected chi connectivity index (χ1v) is 9.94. The Morgan fingerprint density at radius 3 is 2.26 bits per heavy atom. The van der Waals surface area contributed by atoms with Gasteiger partial charge in [0.2, 0.25) is 10.0 Å². The van der Waals surface area contributed by atoms with Gasteiger partial charge in [0.25, 0.3) is 0 Å². The minimum Gasteiger partial charge on any atom is -0.497 e. The van der Waals surface area contributed by atoms with Crippen LogP contribution in [-0.4, -0.2) is 41.3 Å². The van der Waals surface area contributed by atoms with Crippen LogP contribution in [-0.2, 0) is 19.6 Å². The molecule has 0 spiro atoms. The molecule has 0 atom stereocenters. The van der Waals surface area contributed by atoms with Crippen LogP contribution < -0.4 is 14.2 Å². The highest BCUT2D eigenvalue weighted by Crippen LogP contribution is 2.17. The van der Waals surface area contributed by atoms with Crippen molar-refractivity contribution in [3.05, 3.63) is 53.6 Å². The summed E-state index contributed by atoms with van der Waals surface area (Å²) in [6.07, 6.45) is -0.0879. The van der Waals surface area contributed by atoms with Gasteiger partial charge in [0, 0.05) is 11.6 Å². The van der Waals surface area contributed by atoms with E-state index in [0.29, 0.717) is 10.8 Å². The van der Waals surface area contributed by atoms with E-state index in [0.717, 1.165) is 5.75 Å². The lowest BCUT2D eigenvalue weighted by atomic mass is 10.3. The number of ether oxygens (including phenoxy) is 3. The third-order valence-electron chi connectivity index (χ3n) is 3.42. The molecule has 0 aliphatic rings. The van der Waals surface area contributed by atoms with Crippen LogP contribution in [0.25, 0.3) is 0 Å². The summed E-state index contributed by atoms with van der Waals surface area (Å²) in [5.41, 5.74) is 0. The molecule has 0 unspecified atom stereocenters. The molecule has 0 bridgehead atoms. The maximum atomic E-state index is 12.1. The Bertz CT molecular complexity index is 837. The Kier molecular flexibility index (Phi) is 7.90. The molecule has 0 heterocycles. The summed E-state index contributed by atoms with van der Waals surface area (Å²) < 4.78 is 41.9. The van der Waals surface area contributed by atoms with Gasteiger partial charge < -0.3 is 14.2 Å². The number of carbonyl (C=O) groups excluding carboxylic acids is 1. The van der Waals surface area contributed by atoms with Crippen LogP contribution in [0.5, 0.6) is 11.5 Å². The molecule has 2 aromatic rings. The number of hydrogen-bond acceptors (Lipinski definition) is 6. The van der Waals surface area contributed by atoms with E-state index in [4.69, 9.17) is 25.8 Å². The standard InChI is InChI=1S/C18H20ClNO6S/c1-24-15-4-6-16(7-5-15)25-12-13-26-18(21)10-11-20-27(22,23)17-8-2-14(19)3-9-17/h2-9,20H,10-13H2,1H3. The minimum atomic E-state index is -3.69. The average molecular weight is 414 g/mol. The van der Waals surface area contributed by atoms with Gasteiger partial charge in [-0.15, -0.1) is 0 Å². The molecule has 0 aliphatic carbocycles. The Morgan fingerprint density at radius 1 is 1.00 bits per heavy atom. The molecule has 27 heavy (non-hydrogen) atoms. The zero-order valence-electron chi connectivity index (χ0n) is 14.7. The van der Waals surface area contributed by atoms with Crippen molar-refractivity contribution in [1.82, 2.24) is 4.72 Å². The Hall–Kier alpha value is -2.29. The Balaban J connectivity index is 1.65. The molecule has 0 saturated heterocycles. The number of benzene rings is 2. The molecule has 0 aliphatic heterocycles. The molecule has 0 saturated carbocycles. The molecule has 2 aromatic carbocycles. The molecular weight excluding hydrogens is 394 g/mol. The number of methoxy groups -OCH3 is 1. The molecule has 0 fully saturated rings. The SMILES string of the molecule is COc1ccc(OCCOC(=O)CCNS(=O)(=O)c2ccc(Cl)cc2)cc1. The van der Waals surface area contributed by atoms with Gasteiger partial charge in [0.15, 0.2) is 0 Å². The maximum absolute atomic E-state index is 12.1. The molecular formula is C18H20ClNO6S. The van der Waals surface area contributed by atoms with Crippen molar-refractivity contribution in [2.24, 2.45) is 0 Å². The van der Waals surface area contributed by atoms with Gasteiger partial charge in [-0.3, -0.25) is 4.79 Å². The predicted molar refractivity (Wildman–Crippen MR) is 101 cm³/mol. The van der Waals surface area contributed by atoms with E-state index in [9.17, 15) is 13.2 Å². The van der Waals surface area contributed by atoms with Crippen LogP contribution >= 0.6 is 11.6 Å². The smallest absolute Gasteiger partial charge is 0.307 e. The van der Waals surface area contributed by atoms with E-state index in [-0.39, 0.29) is 31.1 Å². The largest absolute Gasteiger partial charge is 0.497 e. The van der Waals surface area contributed by atoms with Gasteiger partial charge in [-0.2, -0.15) is 0 Å². The highest BCUT2D eigenvalue weighted by Gasteiger charge is 2.14. The van der Waals surface area contributed by atoms with Gasteiger partial charge in [-0.1, -0.05) is 11.6 Å². The minimum absolute atomic E-state index is 0.0643. The Labute approximate surface area is 163 Å². The summed E-state index contributed by atoms with van der Waals surface area (Å²) in [6, 6.07) is 12.7. The molecule has 2 rings (SSSR count). The zero-order valence-corrected chi connectivity index (χ0v) is 16.3. The van der Waals surface area contributed by atoms with Gasteiger partial charge in [-0.25, -0.2) is 13.1 Å². The maximum Gasteiger partial charge on any atom is 0.307 e. The second kappa shape index (κ2) is 10.1. The van der Waals surface area contributed by atoms with Gasteiger partial charge >= 0.3 is 5.97 Å². The lowest BCUT2D eigenvalue weighted by Gasteiger charge is -2.09. The van der Waals surface area contributed by atoms with E-state index < -0.39 is 16.0 Å². The number of sulfonamides is 1. The number of carbonyl (C=O) groups is 1. The lowest BCUT2D eigenvalue weighted by Crippen LogP contribution is -2.27. The number of halogens is 1. The van der Waals surface area contributed by atoms with E-state index >= 15 is 0 Å². The number of rotatable bonds is 10. The summed E-state index contributed by atoms with van der Waals surface area (Å²) in [5, 5.41) is 0.439. The zero-order chi connectivity index (χ0) is 19.7. The van der Waals surface area contributed by atoms with Crippen molar-refractivity contribution in [3.8, 4) is 11.5 Å². The molecule has 146 valence electrons. The first kappa shape index (κ1) is 21.0. The first-order valence-electron chi connectivity index (χ1n) is 8.08. The fourth-order valence-electron chi connectivity index (χ4n) is 2.04. The highest BCUT2D eigenvalue weighted by molar-refractivity contribution is 7.89. The van der Waals surface area contributed by atoms with Crippen LogP contribution in [0.15, 0.2) is 53.4 Å². The average Bonchev–Trinajstić information content (AvgIpc) is 2.66. The summed E-state index contributed by atoms with van der Waals surface area (Å²) in [5.74, 6) is 0.824. The van der Waals surface area contributed by atoms with E-state index in [1.54, 1.807) is 31.4 Å². The van der Waals surface area contributed by atoms with Crippen molar-refractivity contribution >= 4 is 27.6 Å². The molecule has 0 aromatic heterocycles. The molecule has 1 N–H and O–H groups in total. The summed E-state index contributed by atoms with van der Waals surface area (Å²) in [6.45, 7) is 0.187. The van der Waals surface area contributed by atoms with Crippen molar-refractivity contribution in [2.45, 2.75) is 11.3 Å². The van der Waals surface area contributed by atoms with Crippen molar-refractivity contribution in [3.63, 3.8) is 0 Å². The van der Waals surface area contributed by atoms with Crippen molar-refractivity contribution in [1.29, 1.82) is 0 Å². The molecule has 0 amide bonds. The monoisotopic (exact) mass is 413 g/mol. The summed E-state index contributed by atoms with van der Waals surface area (Å²) in [4.78, 5) is 11.7. The normalized spacial score (nSPS) is 11.0. The summed E-state index contributed by atoms with van der Waals surface area (Å²) >= 11 is 5.73. The van der Waals surface area contributed by atoms with Crippen LogP contribution in [0.1, 0.15) is 6.42 Å². The quantitative estimate of drug-likeness (QED) is 0.475. The van der Waals surface area contributed by atoms with Gasteiger partial charge in [0.1, 0.15) is 24.7 Å². The molecule has 7 nitrogen and oxygen atoms in total. The fourth-order valence-corrected chi connectivity index (χ4v) is 3.20. The number of hydrogen-bond donors (Lipinski definition) is 1. The predicted octanol–water partition coefficient (Wildman–Crippen LogP) is 2.64. The fraction of sp³-hybridized carbons (Fsp3) is 0.278. The van der Waals surface area contributed by atoms with Crippen LogP contribution in [0.3, 0.4) is 0 Å². The van der Waals surface area contributed by atoms with E-state index in [1.165, 1.54) is 24.3 Å². The van der Waals surface area contributed by atoms with Crippen molar-refractivity contribution < 1.29 is 27.4 Å². The Morgan fingerprint density at radius 2 is 1.63 bits per heavy atom. The third kappa shape index (κ3) is 7.09. The van der Waals surface area contributed by atoms with Crippen LogP contribution in [0, 0.1) is 0 Å². The number of esters is 1. The first-order chi connectivity index (χ1) is 12.9. The topological polar surface area (TPSA) is 90.9 Å². The van der Waals surface area contributed by atoms with E-state index in [2.05, 4.69) is 4.72 Å².